The number of piperidine rings is 1. The second kappa shape index (κ2) is 5.93. The smallest absolute Gasteiger partial charge is 0.256 e. The van der Waals surface area contributed by atoms with Crippen LogP contribution >= 0.6 is 0 Å². The second-order valence-electron chi connectivity index (χ2n) is 6.49. The minimum atomic E-state index is -0.548. The highest BCUT2D eigenvalue weighted by Gasteiger charge is 2.41. The largest absolute Gasteiger partial charge is 0.347 e. The van der Waals surface area contributed by atoms with Gasteiger partial charge in [-0.05, 0) is 18.2 Å². The molecule has 1 aromatic heterocycles. The Bertz CT molecular complexity index is 844. The van der Waals surface area contributed by atoms with Gasteiger partial charge in [-0.25, -0.2) is 4.39 Å². The fraction of sp³-hybridized carbons (Fsp3) is 0.444. The fourth-order valence-corrected chi connectivity index (χ4v) is 3.64. The molecule has 4 rings (SSSR count). The van der Waals surface area contributed by atoms with E-state index in [0.29, 0.717) is 55.6 Å². The van der Waals surface area contributed by atoms with Crippen molar-refractivity contribution in [2.45, 2.75) is 25.6 Å². The Kier molecular flexibility index (Phi) is 3.85. The van der Waals surface area contributed by atoms with Gasteiger partial charge in [-0.15, -0.1) is 0 Å². The molecule has 1 aromatic carbocycles. The van der Waals surface area contributed by atoms with Crippen molar-refractivity contribution in [3.63, 3.8) is 0 Å². The van der Waals surface area contributed by atoms with Crippen LogP contribution in [0.3, 0.4) is 0 Å². The Balaban J connectivity index is 1.63. The van der Waals surface area contributed by atoms with E-state index in [4.69, 9.17) is 9.47 Å². The van der Waals surface area contributed by atoms with Crippen molar-refractivity contribution in [1.29, 1.82) is 0 Å². The van der Waals surface area contributed by atoms with E-state index in [1.807, 2.05) is 0 Å². The Morgan fingerprint density at radius 1 is 1.16 bits per heavy atom. The molecular formula is C18H19FN2O4. The van der Waals surface area contributed by atoms with Crippen molar-refractivity contribution in [1.82, 2.24) is 9.47 Å². The number of carbonyl (C=O) groups excluding carboxylic acids is 2. The molecule has 0 saturated carbocycles. The summed E-state index contributed by atoms with van der Waals surface area (Å²) in [5.74, 6) is -1.42. The predicted molar refractivity (Wildman–Crippen MR) is 88.0 cm³/mol. The molecular weight excluding hydrogens is 327 g/mol. The van der Waals surface area contributed by atoms with Gasteiger partial charge in [-0.3, -0.25) is 14.2 Å². The van der Waals surface area contributed by atoms with Crippen molar-refractivity contribution in [3.8, 4) is 0 Å². The SMILES string of the molecule is CC(=O)n1cc(C(=O)N2CCC3(CC2)OCCO3)c2ccc(F)cc21. The Morgan fingerprint density at radius 3 is 2.48 bits per heavy atom. The third-order valence-electron chi connectivity index (χ3n) is 4.96. The molecule has 0 atom stereocenters. The number of benzene rings is 1. The molecule has 0 N–H and O–H groups in total. The number of hydrogen-bond donors (Lipinski definition) is 0. The summed E-state index contributed by atoms with van der Waals surface area (Å²) in [7, 11) is 0. The monoisotopic (exact) mass is 346 g/mol. The van der Waals surface area contributed by atoms with Crippen LogP contribution in [-0.2, 0) is 9.47 Å². The zero-order valence-corrected chi connectivity index (χ0v) is 14.0. The molecule has 132 valence electrons. The number of ether oxygens (including phenoxy) is 2. The number of rotatable bonds is 1. The first-order valence-electron chi connectivity index (χ1n) is 8.38. The van der Waals surface area contributed by atoms with E-state index < -0.39 is 11.6 Å². The number of hydrogen-bond acceptors (Lipinski definition) is 4. The molecule has 2 aliphatic rings. The highest BCUT2D eigenvalue weighted by atomic mass is 19.1. The summed E-state index contributed by atoms with van der Waals surface area (Å²) in [6.07, 6.45) is 2.75. The van der Waals surface area contributed by atoms with Crippen LogP contribution in [0.4, 0.5) is 4.39 Å². The van der Waals surface area contributed by atoms with Crippen molar-refractivity contribution >= 4 is 22.7 Å². The first-order valence-corrected chi connectivity index (χ1v) is 8.38. The molecule has 2 saturated heterocycles. The van der Waals surface area contributed by atoms with E-state index >= 15 is 0 Å². The molecule has 25 heavy (non-hydrogen) atoms. The summed E-state index contributed by atoms with van der Waals surface area (Å²) >= 11 is 0. The lowest BCUT2D eigenvalue weighted by atomic mass is 10.0. The highest BCUT2D eigenvalue weighted by Crippen LogP contribution is 2.32. The van der Waals surface area contributed by atoms with Gasteiger partial charge >= 0.3 is 0 Å². The minimum Gasteiger partial charge on any atom is -0.347 e. The first-order chi connectivity index (χ1) is 12.0. The van der Waals surface area contributed by atoms with Crippen LogP contribution < -0.4 is 0 Å². The lowest BCUT2D eigenvalue weighted by molar-refractivity contribution is -0.181. The fourth-order valence-electron chi connectivity index (χ4n) is 3.64. The maximum Gasteiger partial charge on any atom is 0.256 e. The molecule has 1 amide bonds. The molecule has 7 heteroatoms. The average Bonchev–Trinajstić information content (AvgIpc) is 3.19. The maximum atomic E-state index is 13.6. The van der Waals surface area contributed by atoms with Crippen molar-refractivity contribution in [2.75, 3.05) is 26.3 Å². The minimum absolute atomic E-state index is 0.163. The molecule has 1 spiro atoms. The number of aromatic nitrogens is 1. The number of fused-ring (bicyclic) bond motifs is 1. The number of likely N-dealkylation sites (tertiary alicyclic amines) is 1. The van der Waals surface area contributed by atoms with Gasteiger partial charge in [0.1, 0.15) is 5.82 Å². The molecule has 2 aromatic rings. The van der Waals surface area contributed by atoms with Crippen LogP contribution in [0.1, 0.15) is 34.9 Å². The highest BCUT2D eigenvalue weighted by molar-refractivity contribution is 6.09. The number of amides is 1. The molecule has 0 unspecified atom stereocenters. The van der Waals surface area contributed by atoms with E-state index in [-0.39, 0.29) is 11.8 Å². The van der Waals surface area contributed by atoms with E-state index in [1.54, 1.807) is 11.0 Å². The molecule has 2 aliphatic heterocycles. The topological polar surface area (TPSA) is 60.8 Å². The second-order valence-corrected chi connectivity index (χ2v) is 6.49. The van der Waals surface area contributed by atoms with E-state index in [9.17, 15) is 14.0 Å². The molecule has 0 aliphatic carbocycles. The van der Waals surface area contributed by atoms with Crippen LogP contribution in [-0.4, -0.2) is 53.4 Å². The normalized spacial score (nSPS) is 19.7. The lowest BCUT2D eigenvalue weighted by Crippen LogP contribution is -2.47. The van der Waals surface area contributed by atoms with Gasteiger partial charge < -0.3 is 14.4 Å². The van der Waals surface area contributed by atoms with Crippen LogP contribution in [0.5, 0.6) is 0 Å². The Labute approximate surface area is 144 Å². The summed E-state index contributed by atoms with van der Waals surface area (Å²) in [4.78, 5) is 26.5. The standard InChI is InChI=1S/C18H19FN2O4/c1-12(22)21-11-15(14-3-2-13(19)10-16(14)21)17(23)20-6-4-18(5-7-20)24-8-9-25-18/h2-3,10-11H,4-9H2,1H3. The summed E-state index contributed by atoms with van der Waals surface area (Å²) in [6, 6.07) is 4.12. The van der Waals surface area contributed by atoms with Crippen LogP contribution in [0.2, 0.25) is 0 Å². The maximum absolute atomic E-state index is 13.6. The molecule has 0 bridgehead atoms. The molecule has 3 heterocycles. The van der Waals surface area contributed by atoms with E-state index in [0.717, 1.165) is 0 Å². The van der Waals surface area contributed by atoms with Crippen molar-refractivity contribution < 1.29 is 23.5 Å². The first kappa shape index (κ1) is 16.2. The van der Waals surface area contributed by atoms with Crippen LogP contribution in [0.25, 0.3) is 10.9 Å². The number of carbonyl (C=O) groups is 2. The molecule has 2 fully saturated rings. The number of nitrogens with zero attached hydrogens (tertiary/aromatic N) is 2. The van der Waals surface area contributed by atoms with Crippen molar-refractivity contribution in [3.05, 3.63) is 35.8 Å². The quantitative estimate of drug-likeness (QED) is 0.796. The van der Waals surface area contributed by atoms with Gasteiger partial charge in [0.25, 0.3) is 5.91 Å². The van der Waals surface area contributed by atoms with Gasteiger partial charge in [0, 0.05) is 44.4 Å². The van der Waals surface area contributed by atoms with Gasteiger partial charge in [0.2, 0.25) is 5.91 Å². The van der Waals surface area contributed by atoms with E-state index in [2.05, 4.69) is 0 Å². The predicted octanol–water partition coefficient (Wildman–Crippen LogP) is 2.42. The van der Waals surface area contributed by atoms with E-state index in [1.165, 1.54) is 29.8 Å². The lowest BCUT2D eigenvalue weighted by Gasteiger charge is -2.37. The third kappa shape index (κ3) is 2.73. The van der Waals surface area contributed by atoms with Crippen molar-refractivity contribution in [2.24, 2.45) is 0 Å². The van der Waals surface area contributed by atoms with Gasteiger partial charge in [0.15, 0.2) is 5.79 Å². The van der Waals surface area contributed by atoms with Gasteiger partial charge in [-0.2, -0.15) is 0 Å². The number of halogens is 1. The zero-order chi connectivity index (χ0) is 17.6. The van der Waals surface area contributed by atoms with Gasteiger partial charge in [0.05, 0.1) is 24.3 Å². The Morgan fingerprint density at radius 2 is 1.84 bits per heavy atom. The average molecular weight is 346 g/mol. The summed E-state index contributed by atoms with van der Waals surface area (Å²) in [5.41, 5.74) is 0.821. The summed E-state index contributed by atoms with van der Waals surface area (Å²) in [6.45, 7) is 3.61. The third-order valence-corrected chi connectivity index (χ3v) is 4.96. The van der Waals surface area contributed by atoms with Crippen LogP contribution in [0, 0.1) is 5.82 Å². The van der Waals surface area contributed by atoms with Crippen LogP contribution in [0.15, 0.2) is 24.4 Å². The van der Waals surface area contributed by atoms with Gasteiger partial charge in [-0.1, -0.05) is 0 Å². The summed E-state index contributed by atoms with van der Waals surface area (Å²) < 4.78 is 26.3. The Hall–Kier alpha value is -2.25. The summed E-state index contributed by atoms with van der Waals surface area (Å²) in [5, 5.41) is 0.579. The molecule has 0 radical (unpaired) electrons. The zero-order valence-electron chi connectivity index (χ0n) is 14.0. The molecule has 6 nitrogen and oxygen atoms in total.